The van der Waals surface area contributed by atoms with Crippen LogP contribution in [-0.2, 0) is 14.4 Å². The van der Waals surface area contributed by atoms with Crippen molar-refractivity contribution in [3.63, 3.8) is 0 Å². The average molecular weight is 242 g/mol. The summed E-state index contributed by atoms with van der Waals surface area (Å²) in [7, 11) is 0. The topological polar surface area (TPSA) is 91.7 Å². The number of carboxylic acids is 2. The molecule has 0 saturated heterocycles. The summed E-state index contributed by atoms with van der Waals surface area (Å²) in [5, 5.41) is 17.3. The summed E-state index contributed by atoms with van der Waals surface area (Å²) in [4.78, 5) is 32.5. The van der Waals surface area contributed by atoms with Crippen LogP contribution in [0.15, 0.2) is 11.6 Å². The third-order valence-electron chi connectivity index (χ3n) is 2.33. The van der Waals surface area contributed by atoms with E-state index in [-0.39, 0.29) is 12.2 Å². The number of carbonyl (C=O) groups excluding carboxylic acids is 1. The molecule has 0 aliphatic rings. The summed E-state index contributed by atoms with van der Waals surface area (Å²) in [6, 6.07) is 0. The minimum atomic E-state index is -1.40. The van der Waals surface area contributed by atoms with Crippen LogP contribution >= 0.6 is 0 Å². The second-order valence-electron chi connectivity index (χ2n) is 3.97. The summed E-state index contributed by atoms with van der Waals surface area (Å²) in [6.45, 7) is 3.60. The van der Waals surface area contributed by atoms with Gasteiger partial charge in [0.05, 0.1) is 0 Å². The molecule has 0 aromatic rings. The molecule has 0 spiro atoms. The van der Waals surface area contributed by atoms with Gasteiger partial charge in [-0.1, -0.05) is 12.5 Å². The number of hydrogen-bond donors (Lipinski definition) is 2. The van der Waals surface area contributed by atoms with Crippen molar-refractivity contribution < 1.29 is 24.6 Å². The highest BCUT2D eigenvalue weighted by molar-refractivity contribution is 5.93. The van der Waals surface area contributed by atoms with E-state index >= 15 is 0 Å². The first kappa shape index (κ1) is 15.3. The van der Waals surface area contributed by atoms with Crippen LogP contribution in [0, 0.1) is 5.92 Å². The molecule has 5 heteroatoms. The zero-order chi connectivity index (χ0) is 13.4. The minimum Gasteiger partial charge on any atom is -0.481 e. The first-order valence-electron chi connectivity index (χ1n) is 5.54. The Labute approximate surface area is 100 Å². The molecule has 0 bridgehead atoms. The van der Waals surface area contributed by atoms with Crippen LogP contribution in [0.2, 0.25) is 0 Å². The van der Waals surface area contributed by atoms with Crippen molar-refractivity contribution in [2.75, 3.05) is 0 Å². The molecule has 0 atom stereocenters. The fourth-order valence-electron chi connectivity index (χ4n) is 1.39. The van der Waals surface area contributed by atoms with Crippen LogP contribution in [0.1, 0.15) is 39.5 Å². The third kappa shape index (κ3) is 6.50. The monoisotopic (exact) mass is 242 g/mol. The molecular formula is C12H18O5. The highest BCUT2D eigenvalue weighted by Gasteiger charge is 2.25. The van der Waals surface area contributed by atoms with Gasteiger partial charge in [0, 0.05) is 6.42 Å². The summed E-state index contributed by atoms with van der Waals surface area (Å²) < 4.78 is 0. The first-order valence-corrected chi connectivity index (χ1v) is 5.54. The lowest BCUT2D eigenvalue weighted by Gasteiger charge is -2.07. The van der Waals surface area contributed by atoms with Gasteiger partial charge in [-0.15, -0.1) is 0 Å². The lowest BCUT2D eigenvalue weighted by atomic mass is 9.99. The molecule has 2 N–H and O–H groups in total. The average Bonchev–Trinajstić information content (AvgIpc) is 2.16. The van der Waals surface area contributed by atoms with Gasteiger partial charge in [-0.05, 0) is 32.3 Å². The maximum Gasteiger partial charge on any atom is 0.317 e. The van der Waals surface area contributed by atoms with Gasteiger partial charge in [0.2, 0.25) is 0 Å². The van der Waals surface area contributed by atoms with Crippen LogP contribution in [0.25, 0.3) is 0 Å². The molecule has 0 aromatic heterocycles. The Balaban J connectivity index is 4.30. The van der Waals surface area contributed by atoms with E-state index < -0.39 is 17.9 Å². The zero-order valence-electron chi connectivity index (χ0n) is 10.1. The maximum absolute atomic E-state index is 11.3. The van der Waals surface area contributed by atoms with Crippen molar-refractivity contribution >= 4 is 17.7 Å². The lowest BCUT2D eigenvalue weighted by molar-refractivity contribution is -0.154. The molecule has 0 fully saturated rings. The van der Waals surface area contributed by atoms with Crippen molar-refractivity contribution in [2.45, 2.75) is 39.5 Å². The summed E-state index contributed by atoms with van der Waals surface area (Å²) in [5.74, 6) is -4.10. The Morgan fingerprint density at radius 3 is 2.06 bits per heavy atom. The highest BCUT2D eigenvalue weighted by atomic mass is 16.4. The van der Waals surface area contributed by atoms with Crippen molar-refractivity contribution in [3.05, 3.63) is 11.6 Å². The quantitative estimate of drug-likeness (QED) is 0.500. The van der Waals surface area contributed by atoms with Crippen molar-refractivity contribution in [3.8, 4) is 0 Å². The molecule has 0 aliphatic heterocycles. The van der Waals surface area contributed by atoms with E-state index in [0.717, 1.165) is 12.0 Å². The van der Waals surface area contributed by atoms with Gasteiger partial charge in [-0.25, -0.2) is 0 Å². The molecule has 0 heterocycles. The summed E-state index contributed by atoms with van der Waals surface area (Å²) in [5.41, 5.74) is 0.718. The van der Waals surface area contributed by atoms with Gasteiger partial charge < -0.3 is 10.2 Å². The zero-order valence-corrected chi connectivity index (χ0v) is 10.1. The second-order valence-corrected chi connectivity index (χ2v) is 3.97. The molecule has 0 amide bonds. The van der Waals surface area contributed by atoms with Crippen LogP contribution < -0.4 is 0 Å². The van der Waals surface area contributed by atoms with E-state index in [0.29, 0.717) is 12.8 Å². The summed E-state index contributed by atoms with van der Waals surface area (Å²) >= 11 is 0. The van der Waals surface area contributed by atoms with Crippen LogP contribution in [-0.4, -0.2) is 27.9 Å². The van der Waals surface area contributed by atoms with E-state index in [1.807, 2.05) is 6.92 Å². The van der Waals surface area contributed by atoms with E-state index in [1.165, 1.54) is 6.08 Å². The Kier molecular flexibility index (Phi) is 6.86. The van der Waals surface area contributed by atoms with Gasteiger partial charge in [-0.3, -0.25) is 14.4 Å². The number of rotatable bonds is 8. The second kappa shape index (κ2) is 7.60. The van der Waals surface area contributed by atoms with E-state index in [4.69, 9.17) is 10.2 Å². The first-order chi connectivity index (χ1) is 7.88. The standard InChI is InChI=1S/C12H18O5/c1-3-4-9(13)7-8(2)5-6-10(11(14)15)12(16)17/h7,10H,3-6H2,1-2H3,(H,14,15)(H,16,17)/b8-7+. The molecule has 0 rings (SSSR count). The number of ketones is 1. The maximum atomic E-state index is 11.3. The van der Waals surface area contributed by atoms with E-state index in [9.17, 15) is 14.4 Å². The fraction of sp³-hybridized carbons (Fsp3) is 0.583. The van der Waals surface area contributed by atoms with Crippen LogP contribution in [0.5, 0.6) is 0 Å². The number of carbonyl (C=O) groups is 3. The number of carboxylic acid groups (broad SMARTS) is 2. The van der Waals surface area contributed by atoms with E-state index in [1.54, 1.807) is 6.92 Å². The normalized spacial score (nSPS) is 11.6. The van der Waals surface area contributed by atoms with Crippen molar-refractivity contribution in [1.82, 2.24) is 0 Å². The Hall–Kier alpha value is -1.65. The van der Waals surface area contributed by atoms with E-state index in [2.05, 4.69) is 0 Å². The molecule has 17 heavy (non-hydrogen) atoms. The van der Waals surface area contributed by atoms with Gasteiger partial charge in [0.25, 0.3) is 0 Å². The Morgan fingerprint density at radius 1 is 1.12 bits per heavy atom. The third-order valence-corrected chi connectivity index (χ3v) is 2.33. The van der Waals surface area contributed by atoms with Gasteiger partial charge >= 0.3 is 11.9 Å². The predicted octanol–water partition coefficient (Wildman–Crippen LogP) is 1.87. The van der Waals surface area contributed by atoms with Crippen LogP contribution in [0.4, 0.5) is 0 Å². The van der Waals surface area contributed by atoms with Gasteiger partial charge in [0.15, 0.2) is 11.7 Å². The minimum absolute atomic E-state index is 0.00635. The lowest BCUT2D eigenvalue weighted by Crippen LogP contribution is -2.23. The molecule has 96 valence electrons. The molecule has 5 nitrogen and oxygen atoms in total. The Morgan fingerprint density at radius 2 is 1.65 bits per heavy atom. The predicted molar refractivity (Wildman–Crippen MR) is 61.7 cm³/mol. The number of hydrogen-bond acceptors (Lipinski definition) is 3. The van der Waals surface area contributed by atoms with Crippen molar-refractivity contribution in [1.29, 1.82) is 0 Å². The molecule has 0 aromatic carbocycles. The largest absolute Gasteiger partial charge is 0.481 e. The molecule has 0 saturated carbocycles. The molecule has 0 unspecified atom stereocenters. The number of aliphatic carboxylic acids is 2. The molecule has 0 radical (unpaired) electrons. The van der Waals surface area contributed by atoms with Gasteiger partial charge in [0.1, 0.15) is 0 Å². The fourth-order valence-corrected chi connectivity index (χ4v) is 1.39. The number of allylic oxidation sites excluding steroid dienone is 2. The molecule has 0 aliphatic carbocycles. The molecular weight excluding hydrogens is 224 g/mol. The Bertz CT molecular complexity index is 316. The van der Waals surface area contributed by atoms with Crippen LogP contribution in [0.3, 0.4) is 0 Å². The van der Waals surface area contributed by atoms with Gasteiger partial charge in [-0.2, -0.15) is 0 Å². The SMILES string of the molecule is CCCC(=O)/C=C(\C)CCC(C(=O)O)C(=O)O. The van der Waals surface area contributed by atoms with Crippen molar-refractivity contribution in [2.24, 2.45) is 5.92 Å². The smallest absolute Gasteiger partial charge is 0.317 e. The highest BCUT2D eigenvalue weighted by Crippen LogP contribution is 2.13. The summed E-state index contributed by atoms with van der Waals surface area (Å²) in [6.07, 6.45) is 2.99.